The number of hydrogen-bond donors (Lipinski definition) is 4. The molecule has 3 fully saturated rings. The molecule has 4 aliphatic rings. The van der Waals surface area contributed by atoms with Crippen LogP contribution in [0.25, 0.3) is 0 Å². The van der Waals surface area contributed by atoms with Crippen molar-refractivity contribution in [3.05, 3.63) is 23.8 Å². The summed E-state index contributed by atoms with van der Waals surface area (Å²) < 4.78 is 15.4. The third kappa shape index (κ3) is 3.12. The number of fused-ring (bicyclic) bond motifs is 5. The molecule has 4 rings (SSSR count). The Morgan fingerprint density at radius 1 is 1.30 bits per heavy atom. The van der Waals surface area contributed by atoms with Gasteiger partial charge in [-0.15, -0.1) is 0 Å². The molecule has 8 nitrogen and oxygen atoms in total. The molecule has 0 radical (unpaired) electrons. The first-order chi connectivity index (χ1) is 13.8. The number of carbonyl (C=O) groups is 2. The number of phosphoric ester groups is 1. The van der Waals surface area contributed by atoms with E-state index in [1.54, 1.807) is 19.1 Å². The lowest BCUT2D eigenvalue weighted by molar-refractivity contribution is -0.178. The molecule has 4 N–H and O–H groups in total. The normalized spacial score (nSPS) is 45.4. The number of phosphoric acid groups is 1. The summed E-state index contributed by atoms with van der Waals surface area (Å²) in [5, 5.41) is 22.6. The van der Waals surface area contributed by atoms with Gasteiger partial charge in [0.25, 0.3) is 0 Å². The molecule has 0 saturated heterocycles. The highest BCUT2D eigenvalue weighted by Gasteiger charge is 2.68. The zero-order valence-corrected chi connectivity index (χ0v) is 18.0. The van der Waals surface area contributed by atoms with E-state index in [0.717, 1.165) is 18.4 Å². The molecule has 0 unspecified atom stereocenters. The Balaban J connectivity index is 1.65. The topological polar surface area (TPSA) is 141 Å². The van der Waals surface area contributed by atoms with Crippen molar-refractivity contribution in [3.63, 3.8) is 0 Å². The van der Waals surface area contributed by atoms with Gasteiger partial charge in [-0.05, 0) is 56.1 Å². The summed E-state index contributed by atoms with van der Waals surface area (Å²) in [6.45, 7) is 2.97. The lowest BCUT2D eigenvalue weighted by Crippen LogP contribution is -2.61. The summed E-state index contributed by atoms with van der Waals surface area (Å²) >= 11 is 0. The Morgan fingerprint density at radius 2 is 2.00 bits per heavy atom. The maximum atomic E-state index is 12.8. The molecule has 0 heterocycles. The van der Waals surface area contributed by atoms with Crippen LogP contribution in [-0.2, 0) is 18.7 Å². The van der Waals surface area contributed by atoms with Crippen LogP contribution in [0.4, 0.5) is 0 Å². The maximum absolute atomic E-state index is 12.8. The Kier molecular flexibility index (Phi) is 5.09. The second-order valence-corrected chi connectivity index (χ2v) is 11.0. The summed E-state index contributed by atoms with van der Waals surface area (Å²) in [6.07, 6.45) is 6.76. The quantitative estimate of drug-likeness (QED) is 0.484. The van der Waals surface area contributed by atoms with Gasteiger partial charge in [0.1, 0.15) is 12.2 Å². The van der Waals surface area contributed by atoms with Gasteiger partial charge < -0.3 is 20.0 Å². The maximum Gasteiger partial charge on any atom is 0.470 e. The monoisotopic (exact) mass is 440 g/mol. The minimum Gasteiger partial charge on any atom is -0.393 e. The number of Topliss-reactive ketones (excluding diaryl/α,β-unsaturated/α-hetero) is 1. The Labute approximate surface area is 175 Å². The Hall–Kier alpha value is -1.15. The number of carbonyl (C=O) groups excluding carboxylic acids is 2. The minimum absolute atomic E-state index is 0.0284. The number of aliphatic hydroxyl groups excluding tert-OH is 1. The Morgan fingerprint density at radius 3 is 2.67 bits per heavy atom. The lowest BCUT2D eigenvalue weighted by Gasteiger charge is -2.59. The van der Waals surface area contributed by atoms with Crippen molar-refractivity contribution < 1.29 is 38.7 Å². The summed E-state index contributed by atoms with van der Waals surface area (Å²) in [5.41, 5.74) is -2.15. The summed E-state index contributed by atoms with van der Waals surface area (Å²) in [5.74, 6) is -0.888. The van der Waals surface area contributed by atoms with E-state index in [4.69, 9.17) is 9.79 Å². The molecule has 30 heavy (non-hydrogen) atoms. The third-order valence-electron chi connectivity index (χ3n) is 8.47. The molecule has 3 saturated carbocycles. The van der Waals surface area contributed by atoms with Crippen LogP contribution >= 0.6 is 7.82 Å². The van der Waals surface area contributed by atoms with Gasteiger partial charge in [0, 0.05) is 16.7 Å². The second kappa shape index (κ2) is 6.92. The molecule has 0 aromatic carbocycles. The van der Waals surface area contributed by atoms with Gasteiger partial charge in [0.05, 0.1) is 6.10 Å². The molecule has 0 amide bonds. The molecular weight excluding hydrogens is 411 g/mol. The predicted molar refractivity (Wildman–Crippen MR) is 106 cm³/mol. The molecular formula is C21H29O8P. The molecule has 0 aliphatic heterocycles. The van der Waals surface area contributed by atoms with Gasteiger partial charge in [0.15, 0.2) is 11.6 Å². The summed E-state index contributed by atoms with van der Waals surface area (Å²) in [4.78, 5) is 42.5. The van der Waals surface area contributed by atoms with Gasteiger partial charge in [-0.3, -0.25) is 14.1 Å². The van der Waals surface area contributed by atoms with Crippen molar-refractivity contribution in [2.24, 2.45) is 28.6 Å². The predicted octanol–water partition coefficient (Wildman–Crippen LogP) is 1.67. The number of aliphatic hydroxyl groups is 2. The standard InChI is InChI=1S/C21H29O8P/c1-19-7-5-13(22)9-12(19)3-4-14-15-6-8-21(25,17(24)11-29-30(26,27)28)20(15,2)10-16(23)18(14)19/h5,7,9,14-16,18,23,25H,3-4,6,8,10-11H2,1-2H3,(H2,26,27,28)/t14-,15-,16-,18+,19+,20+,21-/m0/s1. The summed E-state index contributed by atoms with van der Waals surface area (Å²) in [6, 6.07) is 0. The summed E-state index contributed by atoms with van der Waals surface area (Å²) in [7, 11) is -4.84. The van der Waals surface area contributed by atoms with Crippen LogP contribution in [0.3, 0.4) is 0 Å². The zero-order chi connectivity index (χ0) is 22.1. The van der Waals surface area contributed by atoms with E-state index in [1.807, 2.05) is 13.0 Å². The van der Waals surface area contributed by atoms with Crippen LogP contribution in [0.5, 0.6) is 0 Å². The van der Waals surface area contributed by atoms with Gasteiger partial charge in [0.2, 0.25) is 0 Å². The number of ketones is 2. The fraction of sp³-hybridized carbons (Fsp3) is 0.714. The molecule has 9 heteroatoms. The number of rotatable bonds is 4. The van der Waals surface area contributed by atoms with Crippen molar-refractivity contribution >= 4 is 19.4 Å². The molecule has 0 aromatic rings. The molecule has 7 atom stereocenters. The number of hydrogen-bond acceptors (Lipinski definition) is 6. The highest BCUT2D eigenvalue weighted by Crippen LogP contribution is 2.67. The van der Waals surface area contributed by atoms with E-state index in [0.29, 0.717) is 6.42 Å². The molecule has 4 aliphatic carbocycles. The SMILES string of the molecule is C[C@@]12C=CC(=O)C=C1CC[C@@H]1[C@@H]2[C@@H](O)C[C@]2(C)[C@H]1CC[C@]2(O)C(=O)COP(=O)(O)O. The van der Waals surface area contributed by atoms with Gasteiger partial charge in [-0.25, -0.2) is 4.57 Å². The van der Waals surface area contributed by atoms with Crippen LogP contribution in [0.15, 0.2) is 23.8 Å². The van der Waals surface area contributed by atoms with Gasteiger partial charge in [-0.1, -0.05) is 25.5 Å². The zero-order valence-electron chi connectivity index (χ0n) is 17.2. The average molecular weight is 440 g/mol. The van der Waals surface area contributed by atoms with Crippen LogP contribution in [0.1, 0.15) is 46.0 Å². The first kappa shape index (κ1) is 22.1. The molecule has 0 bridgehead atoms. The Bertz CT molecular complexity index is 889. The van der Waals surface area contributed by atoms with Gasteiger partial charge >= 0.3 is 7.82 Å². The van der Waals surface area contributed by atoms with E-state index in [2.05, 4.69) is 4.52 Å². The van der Waals surface area contributed by atoms with E-state index in [1.165, 1.54) is 0 Å². The van der Waals surface area contributed by atoms with Crippen molar-refractivity contribution in [2.45, 2.75) is 57.7 Å². The smallest absolute Gasteiger partial charge is 0.393 e. The number of allylic oxidation sites excluding steroid dienone is 4. The minimum atomic E-state index is -4.84. The van der Waals surface area contributed by atoms with E-state index < -0.39 is 42.7 Å². The van der Waals surface area contributed by atoms with Crippen molar-refractivity contribution in [1.29, 1.82) is 0 Å². The average Bonchev–Trinajstić information content (AvgIpc) is 2.91. The van der Waals surface area contributed by atoms with Crippen LogP contribution in [0, 0.1) is 28.6 Å². The van der Waals surface area contributed by atoms with Gasteiger partial charge in [-0.2, -0.15) is 0 Å². The molecule has 166 valence electrons. The fourth-order valence-corrected chi connectivity index (χ4v) is 7.34. The van der Waals surface area contributed by atoms with Crippen molar-refractivity contribution in [3.8, 4) is 0 Å². The van der Waals surface area contributed by atoms with Crippen LogP contribution in [0.2, 0.25) is 0 Å². The van der Waals surface area contributed by atoms with E-state index in [9.17, 15) is 24.4 Å². The fourth-order valence-electron chi connectivity index (χ4n) is 7.05. The van der Waals surface area contributed by atoms with E-state index in [-0.39, 0.29) is 36.4 Å². The largest absolute Gasteiger partial charge is 0.470 e. The van der Waals surface area contributed by atoms with Crippen LogP contribution in [-0.4, -0.2) is 49.9 Å². The highest BCUT2D eigenvalue weighted by molar-refractivity contribution is 7.46. The molecule has 0 spiro atoms. The highest BCUT2D eigenvalue weighted by atomic mass is 31.2. The molecule has 0 aromatic heterocycles. The first-order valence-corrected chi connectivity index (χ1v) is 11.9. The first-order valence-electron chi connectivity index (χ1n) is 10.4. The van der Waals surface area contributed by atoms with E-state index >= 15 is 0 Å². The van der Waals surface area contributed by atoms with Crippen LogP contribution < -0.4 is 0 Å². The van der Waals surface area contributed by atoms with Crippen molar-refractivity contribution in [1.82, 2.24) is 0 Å². The lowest BCUT2D eigenvalue weighted by atomic mass is 9.46. The second-order valence-electron chi connectivity index (χ2n) is 9.80. The third-order valence-corrected chi connectivity index (χ3v) is 8.94. The van der Waals surface area contributed by atoms with Crippen molar-refractivity contribution in [2.75, 3.05) is 6.61 Å².